The molecule has 6 heteroatoms. The number of hydrogen-bond donors (Lipinski definition) is 1. The van der Waals surface area contributed by atoms with Crippen molar-refractivity contribution in [3.63, 3.8) is 0 Å². The van der Waals surface area contributed by atoms with E-state index in [9.17, 15) is 0 Å². The minimum absolute atomic E-state index is 0.454. The SMILES string of the molecule is CSc1ncc2c(N)ncc(Br)c2n1. The van der Waals surface area contributed by atoms with Gasteiger partial charge in [-0.2, -0.15) is 0 Å². The van der Waals surface area contributed by atoms with E-state index >= 15 is 0 Å². The molecule has 0 bridgehead atoms. The van der Waals surface area contributed by atoms with E-state index in [-0.39, 0.29) is 0 Å². The molecule has 2 rings (SSSR count). The topological polar surface area (TPSA) is 64.7 Å². The van der Waals surface area contributed by atoms with E-state index in [0.717, 1.165) is 20.5 Å². The molecule has 0 aliphatic heterocycles. The van der Waals surface area contributed by atoms with Crippen LogP contribution in [0.2, 0.25) is 0 Å². The lowest BCUT2D eigenvalue weighted by atomic mass is 10.3. The molecule has 2 aromatic rings. The molecule has 2 N–H and O–H groups in total. The van der Waals surface area contributed by atoms with Gasteiger partial charge in [0.05, 0.1) is 15.4 Å². The highest BCUT2D eigenvalue weighted by Gasteiger charge is 2.06. The Balaban J connectivity index is 2.80. The van der Waals surface area contributed by atoms with Gasteiger partial charge in [0.1, 0.15) is 5.82 Å². The van der Waals surface area contributed by atoms with Crippen molar-refractivity contribution in [3.05, 3.63) is 16.9 Å². The Labute approximate surface area is 93.5 Å². The Kier molecular flexibility index (Phi) is 2.56. The van der Waals surface area contributed by atoms with E-state index in [4.69, 9.17) is 5.73 Å². The van der Waals surface area contributed by atoms with Crippen molar-refractivity contribution in [2.75, 3.05) is 12.0 Å². The Morgan fingerprint density at radius 1 is 1.36 bits per heavy atom. The van der Waals surface area contributed by atoms with E-state index in [2.05, 4.69) is 30.9 Å². The zero-order valence-electron chi connectivity index (χ0n) is 7.36. The second kappa shape index (κ2) is 3.70. The minimum atomic E-state index is 0.454. The molecule has 0 fully saturated rings. The number of nitrogen functional groups attached to an aromatic ring is 1. The van der Waals surface area contributed by atoms with E-state index in [1.54, 1.807) is 12.4 Å². The van der Waals surface area contributed by atoms with Crippen molar-refractivity contribution in [3.8, 4) is 0 Å². The van der Waals surface area contributed by atoms with Crippen molar-refractivity contribution in [1.82, 2.24) is 15.0 Å². The van der Waals surface area contributed by atoms with Crippen LogP contribution < -0.4 is 5.73 Å². The lowest BCUT2D eigenvalue weighted by Crippen LogP contribution is -1.95. The summed E-state index contributed by atoms with van der Waals surface area (Å²) >= 11 is 4.87. The smallest absolute Gasteiger partial charge is 0.187 e. The molecule has 0 saturated heterocycles. The summed E-state index contributed by atoms with van der Waals surface area (Å²) in [5.74, 6) is 0.454. The van der Waals surface area contributed by atoms with Gasteiger partial charge < -0.3 is 5.73 Å². The number of hydrogen-bond acceptors (Lipinski definition) is 5. The van der Waals surface area contributed by atoms with Gasteiger partial charge in [0.15, 0.2) is 5.16 Å². The zero-order valence-corrected chi connectivity index (χ0v) is 9.76. The van der Waals surface area contributed by atoms with Crippen LogP contribution in [0, 0.1) is 0 Å². The van der Waals surface area contributed by atoms with Gasteiger partial charge in [-0.15, -0.1) is 0 Å². The van der Waals surface area contributed by atoms with Crippen LogP contribution in [0.1, 0.15) is 0 Å². The molecule has 4 nitrogen and oxygen atoms in total. The summed E-state index contributed by atoms with van der Waals surface area (Å²) in [6.45, 7) is 0. The fraction of sp³-hybridized carbons (Fsp3) is 0.125. The monoisotopic (exact) mass is 270 g/mol. The number of fused-ring (bicyclic) bond motifs is 1. The molecular weight excluding hydrogens is 264 g/mol. The van der Waals surface area contributed by atoms with Crippen LogP contribution in [0.4, 0.5) is 5.82 Å². The number of aromatic nitrogens is 3. The van der Waals surface area contributed by atoms with Crippen LogP contribution in [0.15, 0.2) is 22.0 Å². The maximum Gasteiger partial charge on any atom is 0.187 e. The maximum atomic E-state index is 5.70. The predicted octanol–water partition coefficient (Wildman–Crippen LogP) is 2.09. The highest BCUT2D eigenvalue weighted by Crippen LogP contribution is 2.25. The molecule has 0 aromatic carbocycles. The first-order valence-corrected chi connectivity index (χ1v) is 5.85. The molecule has 0 amide bonds. The first-order chi connectivity index (χ1) is 6.72. The van der Waals surface area contributed by atoms with E-state index in [1.807, 2.05) is 6.26 Å². The van der Waals surface area contributed by atoms with E-state index < -0.39 is 0 Å². The van der Waals surface area contributed by atoms with Crippen LogP contribution in [0.3, 0.4) is 0 Å². The molecule has 0 radical (unpaired) electrons. The highest BCUT2D eigenvalue weighted by atomic mass is 79.9. The largest absolute Gasteiger partial charge is 0.383 e. The molecule has 0 spiro atoms. The van der Waals surface area contributed by atoms with Crippen LogP contribution >= 0.6 is 27.7 Å². The molecule has 0 atom stereocenters. The third kappa shape index (κ3) is 1.55. The van der Waals surface area contributed by atoms with Crippen LogP contribution in [0.5, 0.6) is 0 Å². The van der Waals surface area contributed by atoms with Gasteiger partial charge in [-0.25, -0.2) is 15.0 Å². The van der Waals surface area contributed by atoms with Crippen molar-refractivity contribution in [1.29, 1.82) is 0 Å². The van der Waals surface area contributed by atoms with Gasteiger partial charge in [-0.05, 0) is 22.2 Å². The number of halogens is 1. The third-order valence-electron chi connectivity index (χ3n) is 1.77. The lowest BCUT2D eigenvalue weighted by Gasteiger charge is -2.02. The molecule has 72 valence electrons. The van der Waals surface area contributed by atoms with Gasteiger partial charge in [0.25, 0.3) is 0 Å². The minimum Gasteiger partial charge on any atom is -0.383 e. The number of rotatable bonds is 1. The van der Waals surface area contributed by atoms with Gasteiger partial charge in [-0.1, -0.05) is 11.8 Å². The maximum absolute atomic E-state index is 5.70. The Morgan fingerprint density at radius 3 is 2.86 bits per heavy atom. The molecular formula is C8H7BrN4S. The van der Waals surface area contributed by atoms with Gasteiger partial charge in [-0.3, -0.25) is 0 Å². The molecule has 0 unspecified atom stereocenters. The number of thioether (sulfide) groups is 1. The predicted molar refractivity (Wildman–Crippen MR) is 61.2 cm³/mol. The zero-order chi connectivity index (χ0) is 10.1. The molecule has 0 aliphatic rings. The molecule has 0 saturated carbocycles. The fourth-order valence-corrected chi connectivity index (χ4v) is 1.84. The summed E-state index contributed by atoms with van der Waals surface area (Å²) in [4.78, 5) is 12.5. The van der Waals surface area contributed by atoms with Crippen LogP contribution in [0.25, 0.3) is 10.9 Å². The Hall–Kier alpha value is -0.880. The number of pyridine rings is 1. The van der Waals surface area contributed by atoms with E-state index in [0.29, 0.717) is 5.82 Å². The molecule has 0 aliphatic carbocycles. The van der Waals surface area contributed by atoms with Crippen LogP contribution in [-0.4, -0.2) is 21.2 Å². The van der Waals surface area contributed by atoms with Crippen LogP contribution in [-0.2, 0) is 0 Å². The van der Waals surface area contributed by atoms with Gasteiger partial charge in [0, 0.05) is 12.4 Å². The summed E-state index contributed by atoms with van der Waals surface area (Å²) < 4.78 is 0.833. The second-order valence-electron chi connectivity index (χ2n) is 2.61. The quantitative estimate of drug-likeness (QED) is 0.635. The van der Waals surface area contributed by atoms with Crippen molar-refractivity contribution in [2.45, 2.75) is 5.16 Å². The van der Waals surface area contributed by atoms with Crippen molar-refractivity contribution >= 4 is 44.4 Å². The standard InChI is InChI=1S/C8H7BrN4S/c1-14-8-12-2-4-6(13-8)5(9)3-11-7(4)10/h2-3H,1H3,(H2,10,11). The summed E-state index contributed by atoms with van der Waals surface area (Å²) in [5.41, 5.74) is 6.50. The first-order valence-electron chi connectivity index (χ1n) is 3.83. The Bertz CT molecular complexity index is 488. The number of nitrogens with zero attached hydrogens (tertiary/aromatic N) is 3. The molecule has 14 heavy (non-hydrogen) atoms. The Morgan fingerprint density at radius 2 is 2.14 bits per heavy atom. The van der Waals surface area contributed by atoms with Gasteiger partial charge >= 0.3 is 0 Å². The second-order valence-corrected chi connectivity index (χ2v) is 4.24. The average Bonchev–Trinajstić information content (AvgIpc) is 2.23. The summed E-state index contributed by atoms with van der Waals surface area (Å²) in [6.07, 6.45) is 5.27. The third-order valence-corrected chi connectivity index (χ3v) is 2.91. The number of nitrogens with two attached hydrogens (primary N) is 1. The molecule has 2 aromatic heterocycles. The summed E-state index contributed by atoms with van der Waals surface area (Å²) in [6, 6.07) is 0. The normalized spacial score (nSPS) is 10.7. The first kappa shape index (κ1) is 9.67. The average molecular weight is 271 g/mol. The fourth-order valence-electron chi connectivity index (χ4n) is 1.09. The van der Waals surface area contributed by atoms with Crippen molar-refractivity contribution < 1.29 is 0 Å². The molecule has 2 heterocycles. The lowest BCUT2D eigenvalue weighted by molar-refractivity contribution is 1.00. The van der Waals surface area contributed by atoms with Gasteiger partial charge in [0.2, 0.25) is 0 Å². The van der Waals surface area contributed by atoms with E-state index in [1.165, 1.54) is 11.8 Å². The number of anilines is 1. The highest BCUT2D eigenvalue weighted by molar-refractivity contribution is 9.10. The van der Waals surface area contributed by atoms with Crippen molar-refractivity contribution in [2.24, 2.45) is 0 Å². The summed E-state index contributed by atoms with van der Waals surface area (Å²) in [7, 11) is 0. The summed E-state index contributed by atoms with van der Waals surface area (Å²) in [5, 5.41) is 1.50.